The molecule has 0 aliphatic carbocycles. The van der Waals surface area contributed by atoms with Crippen LogP contribution in [0, 0.1) is 6.92 Å². The van der Waals surface area contributed by atoms with E-state index in [1.807, 2.05) is 44.4 Å². The van der Waals surface area contributed by atoms with E-state index in [1.165, 1.54) is 0 Å². The highest BCUT2D eigenvalue weighted by Gasteiger charge is 2.33. The molecule has 0 fully saturated rings. The molecule has 30 heavy (non-hydrogen) atoms. The summed E-state index contributed by atoms with van der Waals surface area (Å²) in [4.78, 5) is 31.7. The zero-order chi connectivity index (χ0) is 21.4. The molecule has 0 bridgehead atoms. The lowest BCUT2D eigenvalue weighted by Crippen LogP contribution is -2.37. The monoisotopic (exact) mass is 404 g/mol. The van der Waals surface area contributed by atoms with Crippen LogP contribution in [0.15, 0.2) is 48.8 Å². The maximum Gasteiger partial charge on any atom is 0.272 e. The van der Waals surface area contributed by atoms with Gasteiger partial charge in [-0.3, -0.25) is 9.59 Å². The van der Waals surface area contributed by atoms with Gasteiger partial charge in [0.25, 0.3) is 5.91 Å². The number of hydrogen-bond acceptors (Lipinski definition) is 4. The van der Waals surface area contributed by atoms with Crippen LogP contribution in [0.3, 0.4) is 0 Å². The van der Waals surface area contributed by atoms with Crippen molar-refractivity contribution in [2.24, 2.45) is 7.05 Å². The fourth-order valence-corrected chi connectivity index (χ4v) is 3.92. The number of nitrogens with zero attached hydrogens (tertiary/aromatic N) is 3. The molecular weight excluding hydrogens is 380 g/mol. The van der Waals surface area contributed by atoms with Gasteiger partial charge >= 0.3 is 0 Å². The largest absolute Gasteiger partial charge is 0.481 e. The quantitative estimate of drug-likeness (QED) is 0.724. The lowest BCUT2D eigenvalue weighted by molar-refractivity contribution is -0.120. The normalized spacial score (nSPS) is 15.7. The molecule has 7 nitrogen and oxygen atoms in total. The molecule has 1 N–H and O–H groups in total. The van der Waals surface area contributed by atoms with Crippen molar-refractivity contribution in [2.45, 2.75) is 19.3 Å². The molecule has 0 saturated heterocycles. The first-order valence-corrected chi connectivity index (χ1v) is 9.72. The van der Waals surface area contributed by atoms with Crippen LogP contribution < -0.4 is 15.0 Å². The van der Waals surface area contributed by atoms with Crippen molar-refractivity contribution in [3.05, 3.63) is 71.2 Å². The summed E-state index contributed by atoms with van der Waals surface area (Å²) in [5.74, 6) is -0.0474. The first-order valence-electron chi connectivity index (χ1n) is 9.72. The molecular formula is C23H24N4O3. The maximum atomic E-state index is 13.2. The molecule has 1 aliphatic heterocycles. The molecule has 0 radical (unpaired) electrons. The van der Waals surface area contributed by atoms with Gasteiger partial charge in [0.1, 0.15) is 5.69 Å². The molecule has 154 valence electrons. The molecule has 2 aromatic heterocycles. The van der Waals surface area contributed by atoms with Crippen molar-refractivity contribution in [3.63, 3.8) is 0 Å². The fraction of sp³-hybridized carbons (Fsp3) is 0.261. The Bertz CT molecular complexity index is 1140. The molecule has 1 aliphatic rings. The summed E-state index contributed by atoms with van der Waals surface area (Å²) >= 11 is 0. The predicted molar refractivity (Wildman–Crippen MR) is 115 cm³/mol. The van der Waals surface area contributed by atoms with Gasteiger partial charge in [0.05, 0.1) is 18.7 Å². The minimum absolute atomic E-state index is 0.00441. The number of ether oxygens (including phenoxy) is 1. The van der Waals surface area contributed by atoms with E-state index in [9.17, 15) is 9.59 Å². The number of aromatic nitrogens is 2. The molecule has 3 aromatic rings. The van der Waals surface area contributed by atoms with Crippen molar-refractivity contribution in [1.82, 2.24) is 9.55 Å². The van der Waals surface area contributed by atoms with Crippen LogP contribution in [0.5, 0.6) is 5.88 Å². The molecule has 7 heteroatoms. The molecule has 3 heterocycles. The Labute approximate surface area is 175 Å². The maximum absolute atomic E-state index is 13.2. The second-order valence-electron chi connectivity index (χ2n) is 7.54. The van der Waals surface area contributed by atoms with Crippen LogP contribution in [-0.4, -0.2) is 35.5 Å². The predicted octanol–water partition coefficient (Wildman–Crippen LogP) is 3.29. The van der Waals surface area contributed by atoms with Crippen LogP contribution in [-0.2, 0) is 18.3 Å². The SMILES string of the molecule is COc1cc2c(cn1)CC(c1cc(NC(=O)c3cccn3C)ccc1C)C(=O)N2C. The Kier molecular flexibility index (Phi) is 5.03. The van der Waals surface area contributed by atoms with E-state index in [4.69, 9.17) is 4.74 Å². The first kappa shape index (κ1) is 19.7. The van der Waals surface area contributed by atoms with Crippen molar-refractivity contribution in [1.29, 1.82) is 0 Å². The summed E-state index contributed by atoms with van der Waals surface area (Å²) in [6.45, 7) is 1.98. The molecule has 0 spiro atoms. The van der Waals surface area contributed by atoms with E-state index >= 15 is 0 Å². The van der Waals surface area contributed by atoms with E-state index in [2.05, 4.69) is 10.3 Å². The highest BCUT2D eigenvalue weighted by Crippen LogP contribution is 2.37. The standard InChI is InChI=1S/C23H24N4O3/c1-14-7-8-16(25-22(28)19-6-5-9-26(19)2)11-17(14)18-10-15-13-24-21(30-4)12-20(15)27(3)23(18)29/h5-9,11-13,18H,10H2,1-4H3,(H,25,28). The number of methoxy groups -OCH3 is 1. The number of aryl methyl sites for hydroxylation is 2. The molecule has 4 rings (SSSR count). The third-order valence-corrected chi connectivity index (χ3v) is 5.65. The average molecular weight is 404 g/mol. The van der Waals surface area contributed by atoms with Crippen LogP contribution in [0.25, 0.3) is 0 Å². The van der Waals surface area contributed by atoms with Crippen molar-refractivity contribution in [3.8, 4) is 5.88 Å². The average Bonchev–Trinajstić information content (AvgIpc) is 3.18. The number of fused-ring (bicyclic) bond motifs is 1. The Morgan fingerprint density at radius 3 is 2.73 bits per heavy atom. The van der Waals surface area contributed by atoms with Gasteiger partial charge < -0.3 is 19.5 Å². The van der Waals surface area contributed by atoms with Gasteiger partial charge in [-0.05, 0) is 54.3 Å². The minimum Gasteiger partial charge on any atom is -0.481 e. The van der Waals surface area contributed by atoms with Crippen LogP contribution >= 0.6 is 0 Å². The number of pyridine rings is 1. The number of anilines is 2. The lowest BCUT2D eigenvalue weighted by Gasteiger charge is -2.32. The third-order valence-electron chi connectivity index (χ3n) is 5.65. The number of likely N-dealkylation sites (N-methyl/N-ethyl adjacent to an activating group) is 1. The number of rotatable bonds is 4. The Balaban J connectivity index is 1.65. The second-order valence-corrected chi connectivity index (χ2v) is 7.54. The van der Waals surface area contributed by atoms with Gasteiger partial charge in [0.2, 0.25) is 11.8 Å². The lowest BCUT2D eigenvalue weighted by atomic mass is 9.85. The van der Waals surface area contributed by atoms with Gasteiger partial charge in [-0.1, -0.05) is 6.07 Å². The summed E-state index contributed by atoms with van der Waals surface area (Å²) < 4.78 is 6.96. The first-order chi connectivity index (χ1) is 14.4. The van der Waals surface area contributed by atoms with E-state index in [0.717, 1.165) is 22.4 Å². The van der Waals surface area contributed by atoms with E-state index in [0.29, 0.717) is 23.7 Å². The number of benzene rings is 1. The topological polar surface area (TPSA) is 76.5 Å². The second kappa shape index (κ2) is 7.67. The fourth-order valence-electron chi connectivity index (χ4n) is 3.92. The molecule has 2 amide bonds. The van der Waals surface area contributed by atoms with Gasteiger partial charge in [0, 0.05) is 38.2 Å². The molecule has 0 saturated carbocycles. The van der Waals surface area contributed by atoms with Crippen molar-refractivity contribution >= 4 is 23.2 Å². The third kappa shape index (κ3) is 3.43. The summed E-state index contributed by atoms with van der Waals surface area (Å²) in [6.07, 6.45) is 4.14. The number of carbonyl (C=O) groups excluding carboxylic acids is 2. The van der Waals surface area contributed by atoms with Crippen molar-refractivity contribution in [2.75, 3.05) is 24.4 Å². The van der Waals surface area contributed by atoms with Crippen LogP contribution in [0.2, 0.25) is 0 Å². The van der Waals surface area contributed by atoms with Crippen molar-refractivity contribution < 1.29 is 14.3 Å². The molecule has 1 atom stereocenters. The zero-order valence-electron chi connectivity index (χ0n) is 17.5. The van der Waals surface area contributed by atoms with Gasteiger partial charge in [-0.2, -0.15) is 0 Å². The Morgan fingerprint density at radius 2 is 2.03 bits per heavy atom. The smallest absolute Gasteiger partial charge is 0.272 e. The highest BCUT2D eigenvalue weighted by atomic mass is 16.5. The Hall–Kier alpha value is -3.61. The van der Waals surface area contributed by atoms with E-state index in [-0.39, 0.29) is 17.7 Å². The summed E-state index contributed by atoms with van der Waals surface area (Å²) in [5.41, 5.74) is 4.94. The van der Waals surface area contributed by atoms with E-state index in [1.54, 1.807) is 42.0 Å². The molecule has 1 unspecified atom stereocenters. The summed E-state index contributed by atoms with van der Waals surface area (Å²) in [7, 11) is 5.15. The summed E-state index contributed by atoms with van der Waals surface area (Å²) in [6, 6.07) is 11.1. The number of carbonyl (C=O) groups is 2. The van der Waals surface area contributed by atoms with Crippen LogP contribution in [0.1, 0.15) is 33.1 Å². The highest BCUT2D eigenvalue weighted by molar-refractivity contribution is 6.04. The van der Waals surface area contributed by atoms with Gasteiger partial charge in [-0.15, -0.1) is 0 Å². The van der Waals surface area contributed by atoms with Gasteiger partial charge in [0.15, 0.2) is 0 Å². The number of amides is 2. The van der Waals surface area contributed by atoms with Gasteiger partial charge in [-0.25, -0.2) is 4.98 Å². The Morgan fingerprint density at radius 1 is 1.23 bits per heavy atom. The van der Waals surface area contributed by atoms with Crippen LogP contribution in [0.4, 0.5) is 11.4 Å². The number of nitrogens with one attached hydrogen (secondary N) is 1. The zero-order valence-corrected chi connectivity index (χ0v) is 17.5. The molecule has 1 aromatic carbocycles. The minimum atomic E-state index is -0.343. The summed E-state index contributed by atoms with van der Waals surface area (Å²) in [5, 5.41) is 2.94. The van der Waals surface area contributed by atoms with E-state index < -0.39 is 0 Å². The number of hydrogen-bond donors (Lipinski definition) is 1.